The minimum Gasteiger partial charge on any atom is -0.490 e. The minimum absolute atomic E-state index is 0.100. The first-order chi connectivity index (χ1) is 14.0. The topological polar surface area (TPSA) is 119 Å². The highest BCUT2D eigenvalue weighted by atomic mass is 79.9. The van der Waals surface area contributed by atoms with Crippen molar-refractivity contribution in [1.29, 1.82) is 5.26 Å². The van der Waals surface area contributed by atoms with Gasteiger partial charge in [0.15, 0.2) is 29.6 Å². The van der Waals surface area contributed by atoms with Gasteiger partial charge in [-0.25, -0.2) is 0 Å². The maximum absolute atomic E-state index is 12.2. The highest BCUT2D eigenvalue weighted by Gasteiger charge is 2.17. The predicted octanol–water partition coefficient (Wildman–Crippen LogP) is 2.29. The van der Waals surface area contributed by atoms with Crippen molar-refractivity contribution < 1.29 is 28.5 Å². The monoisotopic (exact) mass is 461 g/mol. The molecule has 9 nitrogen and oxygen atoms in total. The molecule has 0 radical (unpaired) electrons. The second-order valence-electron chi connectivity index (χ2n) is 5.69. The van der Waals surface area contributed by atoms with Gasteiger partial charge >= 0.3 is 0 Å². The molecule has 0 saturated heterocycles. The molecule has 2 aromatic carbocycles. The number of benzene rings is 2. The number of carbonyl (C=O) groups excluding carboxylic acids is 2. The van der Waals surface area contributed by atoms with Crippen LogP contribution in [0.5, 0.6) is 23.0 Å². The number of hydrogen-bond acceptors (Lipinski definition) is 7. The number of nitrogens with zero attached hydrogens (tertiary/aromatic N) is 1. The van der Waals surface area contributed by atoms with Gasteiger partial charge in [0, 0.05) is 11.6 Å². The molecule has 2 N–H and O–H groups in total. The van der Waals surface area contributed by atoms with Crippen LogP contribution in [0.1, 0.15) is 22.8 Å². The van der Waals surface area contributed by atoms with Crippen LogP contribution in [-0.4, -0.2) is 31.8 Å². The molecule has 3 rings (SSSR count). The summed E-state index contributed by atoms with van der Waals surface area (Å²) < 4.78 is 21.8. The Balaban J connectivity index is 1.56. The van der Waals surface area contributed by atoms with Crippen molar-refractivity contribution >= 4 is 27.7 Å². The number of halogens is 1. The average Bonchev–Trinajstić information content (AvgIpc) is 3.19. The average molecular weight is 462 g/mol. The summed E-state index contributed by atoms with van der Waals surface area (Å²) in [5, 5.41) is 9.04. The second-order valence-corrected chi connectivity index (χ2v) is 6.54. The van der Waals surface area contributed by atoms with E-state index in [1.807, 2.05) is 6.07 Å². The van der Waals surface area contributed by atoms with Crippen LogP contribution in [0.15, 0.2) is 34.8 Å². The van der Waals surface area contributed by atoms with E-state index in [1.54, 1.807) is 25.1 Å². The van der Waals surface area contributed by atoms with Crippen LogP contribution >= 0.6 is 15.9 Å². The number of carbonyl (C=O) groups is 2. The summed E-state index contributed by atoms with van der Waals surface area (Å²) in [7, 11) is 0. The van der Waals surface area contributed by atoms with E-state index in [1.165, 1.54) is 12.1 Å². The molecular weight excluding hydrogens is 446 g/mol. The molecule has 0 saturated carbocycles. The molecule has 2 amide bonds. The fourth-order valence-electron chi connectivity index (χ4n) is 2.45. The van der Waals surface area contributed by atoms with Gasteiger partial charge in [-0.15, -0.1) is 0 Å². The molecule has 10 heteroatoms. The Morgan fingerprint density at radius 2 is 1.97 bits per heavy atom. The van der Waals surface area contributed by atoms with Crippen molar-refractivity contribution in [3.63, 3.8) is 0 Å². The Morgan fingerprint density at radius 3 is 2.72 bits per heavy atom. The SMILES string of the molecule is CCOc1cc(C#N)cc(Br)c1OCC(=O)NNC(=O)c1ccc2c(c1)OCO2. The summed E-state index contributed by atoms with van der Waals surface area (Å²) >= 11 is 3.30. The first-order valence-corrected chi connectivity index (χ1v) is 9.29. The summed E-state index contributed by atoms with van der Waals surface area (Å²) in [5.41, 5.74) is 5.24. The molecule has 29 heavy (non-hydrogen) atoms. The number of nitriles is 1. The first-order valence-electron chi connectivity index (χ1n) is 8.50. The van der Waals surface area contributed by atoms with Crippen LogP contribution in [0, 0.1) is 11.3 Å². The zero-order valence-corrected chi connectivity index (χ0v) is 16.9. The van der Waals surface area contributed by atoms with Crippen LogP contribution < -0.4 is 29.8 Å². The van der Waals surface area contributed by atoms with Crippen molar-refractivity contribution in [2.75, 3.05) is 20.0 Å². The van der Waals surface area contributed by atoms with E-state index in [0.717, 1.165) is 0 Å². The number of hydrogen-bond donors (Lipinski definition) is 2. The number of rotatable bonds is 6. The molecule has 0 spiro atoms. The molecular formula is C19H16BrN3O6. The van der Waals surface area contributed by atoms with E-state index >= 15 is 0 Å². The lowest BCUT2D eigenvalue weighted by molar-refractivity contribution is -0.123. The van der Waals surface area contributed by atoms with E-state index in [2.05, 4.69) is 26.8 Å². The summed E-state index contributed by atoms with van der Waals surface area (Å²) in [6.07, 6.45) is 0. The number of hydrazine groups is 1. The Bertz CT molecular complexity index is 989. The Labute approximate surface area is 174 Å². The Hall–Kier alpha value is -3.45. The molecule has 150 valence electrons. The maximum atomic E-state index is 12.2. The third-order valence-electron chi connectivity index (χ3n) is 3.74. The highest BCUT2D eigenvalue weighted by molar-refractivity contribution is 9.10. The highest BCUT2D eigenvalue weighted by Crippen LogP contribution is 2.36. The summed E-state index contributed by atoms with van der Waals surface area (Å²) in [4.78, 5) is 24.2. The van der Waals surface area contributed by atoms with Gasteiger partial charge in [0.2, 0.25) is 6.79 Å². The van der Waals surface area contributed by atoms with Gasteiger partial charge in [0.05, 0.1) is 22.7 Å². The van der Waals surface area contributed by atoms with Crippen LogP contribution in [-0.2, 0) is 4.79 Å². The summed E-state index contributed by atoms with van der Waals surface area (Å²) in [6, 6.07) is 9.76. The molecule has 0 fully saturated rings. The summed E-state index contributed by atoms with van der Waals surface area (Å²) in [6.45, 7) is 1.86. The van der Waals surface area contributed by atoms with Crippen molar-refractivity contribution in [2.24, 2.45) is 0 Å². The van der Waals surface area contributed by atoms with E-state index in [9.17, 15) is 9.59 Å². The maximum Gasteiger partial charge on any atom is 0.276 e. The molecule has 0 atom stereocenters. The zero-order valence-electron chi connectivity index (χ0n) is 15.3. The quantitative estimate of drug-likeness (QED) is 0.633. The van der Waals surface area contributed by atoms with Gasteiger partial charge < -0.3 is 18.9 Å². The van der Waals surface area contributed by atoms with Crippen LogP contribution in [0.25, 0.3) is 0 Å². The predicted molar refractivity (Wildman–Crippen MR) is 104 cm³/mol. The molecule has 0 bridgehead atoms. The van der Waals surface area contributed by atoms with Gasteiger partial charge in [0.25, 0.3) is 11.8 Å². The second kappa shape index (κ2) is 9.16. The van der Waals surface area contributed by atoms with Crippen LogP contribution in [0.3, 0.4) is 0 Å². The van der Waals surface area contributed by atoms with E-state index < -0.39 is 11.8 Å². The van der Waals surface area contributed by atoms with E-state index in [-0.39, 0.29) is 19.1 Å². The van der Waals surface area contributed by atoms with Crippen molar-refractivity contribution in [2.45, 2.75) is 6.92 Å². The number of amides is 2. The molecule has 1 heterocycles. The minimum atomic E-state index is -0.585. The Morgan fingerprint density at radius 1 is 1.17 bits per heavy atom. The van der Waals surface area contributed by atoms with Gasteiger partial charge in [-0.1, -0.05) is 0 Å². The zero-order chi connectivity index (χ0) is 20.8. The molecule has 2 aromatic rings. The van der Waals surface area contributed by atoms with Gasteiger partial charge in [-0.05, 0) is 47.1 Å². The molecule has 1 aliphatic rings. The smallest absolute Gasteiger partial charge is 0.276 e. The Kier molecular flexibility index (Phi) is 6.41. The van der Waals surface area contributed by atoms with Gasteiger partial charge in [-0.3, -0.25) is 20.4 Å². The lowest BCUT2D eigenvalue weighted by Gasteiger charge is -2.14. The van der Waals surface area contributed by atoms with Crippen LogP contribution in [0.4, 0.5) is 0 Å². The van der Waals surface area contributed by atoms with E-state index in [0.29, 0.717) is 39.5 Å². The third-order valence-corrected chi connectivity index (χ3v) is 4.33. The largest absolute Gasteiger partial charge is 0.490 e. The van der Waals surface area contributed by atoms with E-state index in [4.69, 9.17) is 24.2 Å². The number of fused-ring (bicyclic) bond motifs is 1. The van der Waals surface area contributed by atoms with Crippen molar-refractivity contribution in [3.05, 3.63) is 45.9 Å². The molecule has 0 unspecified atom stereocenters. The number of nitrogens with one attached hydrogen (secondary N) is 2. The fourth-order valence-corrected chi connectivity index (χ4v) is 3.00. The molecule has 0 aromatic heterocycles. The lowest BCUT2D eigenvalue weighted by Crippen LogP contribution is -2.43. The molecule has 0 aliphatic carbocycles. The summed E-state index contributed by atoms with van der Waals surface area (Å²) in [5.74, 6) is 0.515. The molecule has 1 aliphatic heterocycles. The normalized spacial score (nSPS) is 11.3. The van der Waals surface area contributed by atoms with Crippen molar-refractivity contribution in [1.82, 2.24) is 10.9 Å². The standard InChI is InChI=1S/C19H16BrN3O6/c1-2-26-16-6-11(8-21)5-13(20)18(16)27-9-17(24)22-23-19(25)12-3-4-14-15(7-12)29-10-28-14/h3-7H,2,9-10H2,1H3,(H,22,24)(H,23,25). The first kappa shape index (κ1) is 20.3. The third kappa shape index (κ3) is 4.89. The van der Waals surface area contributed by atoms with Gasteiger partial charge in [-0.2, -0.15) is 5.26 Å². The lowest BCUT2D eigenvalue weighted by atomic mass is 10.2. The van der Waals surface area contributed by atoms with Crippen LogP contribution in [0.2, 0.25) is 0 Å². The fraction of sp³-hybridized carbons (Fsp3) is 0.211. The van der Waals surface area contributed by atoms with Gasteiger partial charge in [0.1, 0.15) is 0 Å². The number of ether oxygens (including phenoxy) is 4. The van der Waals surface area contributed by atoms with Crippen molar-refractivity contribution in [3.8, 4) is 29.1 Å².